The summed E-state index contributed by atoms with van der Waals surface area (Å²) in [7, 11) is 0. The van der Waals surface area contributed by atoms with Crippen molar-refractivity contribution in [3.8, 4) is 0 Å². The lowest BCUT2D eigenvalue weighted by Gasteiger charge is -2.40. The Kier molecular flexibility index (Phi) is 27.2. The van der Waals surface area contributed by atoms with Crippen LogP contribution in [-0.4, -0.2) is 180 Å². The van der Waals surface area contributed by atoms with Crippen LogP contribution < -0.4 is 66.6 Å². The van der Waals surface area contributed by atoms with Gasteiger partial charge in [-0.25, -0.2) is 9.97 Å². The number of piperazine rings is 3. The number of fused-ring (bicyclic) bond motifs is 9. The highest BCUT2D eigenvalue weighted by atomic mass is 15.3. The summed E-state index contributed by atoms with van der Waals surface area (Å²) in [5.41, 5.74) is 28.5. The molecule has 6 aromatic carbocycles. The van der Waals surface area contributed by atoms with Gasteiger partial charge in [-0.1, -0.05) is 105 Å². The third-order valence-corrected chi connectivity index (χ3v) is 27.7. The van der Waals surface area contributed by atoms with E-state index in [0.717, 1.165) is 180 Å². The van der Waals surface area contributed by atoms with Crippen molar-refractivity contribution in [1.29, 1.82) is 0 Å². The average Bonchev–Trinajstić information content (AvgIpc) is 1.66. The average molecular weight is 1550 g/mol. The minimum Gasteiger partial charge on any atom is -0.382 e. The number of hydrogen-bond donors (Lipinski definition) is 7. The van der Waals surface area contributed by atoms with E-state index in [1.807, 2.05) is 30.7 Å². The van der Waals surface area contributed by atoms with Gasteiger partial charge < -0.3 is 66.6 Å². The van der Waals surface area contributed by atoms with E-state index in [1.54, 1.807) is 33.5 Å². The van der Waals surface area contributed by atoms with Crippen molar-refractivity contribution in [2.75, 3.05) is 172 Å². The molecule has 3 unspecified atom stereocenters. The summed E-state index contributed by atoms with van der Waals surface area (Å²) >= 11 is 0. The minimum atomic E-state index is 0.713. The van der Waals surface area contributed by atoms with Crippen molar-refractivity contribution in [3.63, 3.8) is 0 Å². The van der Waals surface area contributed by atoms with E-state index in [9.17, 15) is 0 Å². The Balaban J connectivity index is 0.0000000999. The zero-order valence-corrected chi connectivity index (χ0v) is 69.3. The topological polar surface area (TPSA) is 149 Å². The van der Waals surface area contributed by atoms with Crippen LogP contribution in [0.25, 0.3) is 0 Å². The van der Waals surface area contributed by atoms with E-state index in [1.165, 1.54) is 222 Å². The van der Waals surface area contributed by atoms with Crippen LogP contribution in [-0.2, 0) is 84.3 Å². The molecule has 8 fully saturated rings. The summed E-state index contributed by atoms with van der Waals surface area (Å²) in [5.74, 6) is 2.74. The molecule has 2 aromatic heterocycles. The lowest BCUT2D eigenvalue weighted by atomic mass is 9.93. The molecule has 22 rings (SSSR count). The van der Waals surface area contributed by atoms with Crippen molar-refractivity contribution >= 4 is 40.1 Å². The number of rotatable bonds is 10. The van der Waals surface area contributed by atoms with Crippen LogP contribution in [0.15, 0.2) is 152 Å². The van der Waals surface area contributed by atoms with Crippen LogP contribution in [0.4, 0.5) is 40.1 Å². The van der Waals surface area contributed by atoms with E-state index in [2.05, 4.69) is 220 Å². The molecule has 2 bridgehead atoms. The minimum absolute atomic E-state index is 0.713. The van der Waals surface area contributed by atoms with Gasteiger partial charge in [0.05, 0.1) is 5.69 Å². The highest BCUT2D eigenvalue weighted by Crippen LogP contribution is 2.43. The Morgan fingerprint density at radius 1 is 0.348 bits per heavy atom. The Morgan fingerprint density at radius 3 is 1.30 bits per heavy atom. The number of pyridine rings is 1. The first-order valence-corrected chi connectivity index (χ1v) is 45.2. The van der Waals surface area contributed by atoms with Crippen molar-refractivity contribution in [1.82, 2.24) is 56.7 Å². The molecular weight excluding hydrogens is 1420 g/mol. The van der Waals surface area contributed by atoms with Crippen molar-refractivity contribution in [2.45, 2.75) is 186 Å². The summed E-state index contributed by atoms with van der Waals surface area (Å²) in [4.78, 5) is 33.7. The van der Waals surface area contributed by atoms with E-state index >= 15 is 0 Å². The van der Waals surface area contributed by atoms with E-state index in [4.69, 9.17) is 0 Å². The number of nitrogens with one attached hydrogen (secondary N) is 7. The third kappa shape index (κ3) is 19.8. The molecule has 610 valence electrons. The molecule has 8 aromatic rings. The fourth-order valence-electron chi connectivity index (χ4n) is 21.3. The lowest BCUT2D eigenvalue weighted by molar-refractivity contribution is 0.231. The number of hydrogen-bond acceptors (Lipinski definition) is 18. The molecule has 14 aliphatic rings. The van der Waals surface area contributed by atoms with E-state index in [0.29, 0.717) is 6.04 Å². The standard InChI is InChI=1S/C19H24N4.C17H21N5.C16H23N3.C15H20N2.2C15H22N2/c1-2-8-21-17(5-1)15-22-10-12-23(13-11-22)19-6-3-4-16-14-20-9-7-18(16)19;1-3-14-13-18-8-5-15(14)16(4-1)21-9-11-22(12-10-21)17-19-6-2-7-20-17;1-3-13-11-17-7-6-15(13)16(5-1)19-10-9-18-8-2-4-14(18)12-19;1-2-12-9-16-7-6-14(12)15(3-1)17-10-11-4-5-13(17)8-11;1-12-6-9-17(10-7-12)15-4-2-3-13-11-16-8-5-14(13)15;1-2-6-13(7-3-1)17-15-8-4-5-12-11-16-10-9-14(12)15/h1-6,8,20H,7,9-15H2;1-4,6-7,18H,5,8-13H2;1,3,5,14,17H,2,4,6-12H2;1-3,11,13,16H,4-10H2;2-4,12,16H,5-11H2,1H3;4-5,8,13,16-17H,1-3,6-7,9-11H2. The van der Waals surface area contributed by atoms with Crippen LogP contribution in [0.3, 0.4) is 0 Å². The maximum absolute atomic E-state index is 4.45. The van der Waals surface area contributed by atoms with Crippen molar-refractivity contribution in [2.24, 2.45) is 11.8 Å². The molecule has 0 spiro atoms. The molecule has 12 aliphatic heterocycles. The molecule has 0 radical (unpaired) electrons. The van der Waals surface area contributed by atoms with Gasteiger partial charge in [0.15, 0.2) is 0 Å². The highest BCUT2D eigenvalue weighted by Gasteiger charge is 2.39. The molecular formula is C97H132N18. The zero-order chi connectivity index (χ0) is 77.3. The van der Waals surface area contributed by atoms with Gasteiger partial charge in [-0.05, 0) is 275 Å². The number of nitrogens with zero attached hydrogens (tertiary/aromatic N) is 11. The Bertz CT molecular complexity index is 4390. The first-order chi connectivity index (χ1) is 56.9. The van der Waals surface area contributed by atoms with Gasteiger partial charge in [0.1, 0.15) is 0 Å². The Labute approximate surface area is 687 Å². The Hall–Kier alpha value is -8.17. The summed E-state index contributed by atoms with van der Waals surface area (Å²) in [6.07, 6.45) is 29.3. The molecule has 115 heavy (non-hydrogen) atoms. The molecule has 2 aliphatic carbocycles. The molecule has 0 amide bonds. The largest absolute Gasteiger partial charge is 0.382 e. The molecule has 3 atom stereocenters. The van der Waals surface area contributed by atoms with Gasteiger partial charge in [-0.15, -0.1) is 0 Å². The van der Waals surface area contributed by atoms with Gasteiger partial charge in [-0.3, -0.25) is 14.8 Å². The summed E-state index contributed by atoms with van der Waals surface area (Å²) in [5, 5.41) is 24.6. The molecule has 18 nitrogen and oxygen atoms in total. The second-order valence-corrected chi connectivity index (χ2v) is 35.1. The molecule has 7 N–H and O–H groups in total. The predicted molar refractivity (Wildman–Crippen MR) is 476 cm³/mol. The third-order valence-electron chi connectivity index (χ3n) is 27.7. The number of anilines is 7. The summed E-state index contributed by atoms with van der Waals surface area (Å²) in [6, 6.07) is 51.2. The highest BCUT2D eigenvalue weighted by molar-refractivity contribution is 5.63. The number of aromatic nitrogens is 3. The second-order valence-electron chi connectivity index (χ2n) is 35.1. The Morgan fingerprint density at radius 2 is 0.800 bits per heavy atom. The van der Waals surface area contributed by atoms with Crippen LogP contribution in [0, 0.1) is 11.8 Å². The molecule has 2 saturated carbocycles. The van der Waals surface area contributed by atoms with Gasteiger partial charge >= 0.3 is 0 Å². The fourth-order valence-corrected chi connectivity index (χ4v) is 21.3. The van der Waals surface area contributed by atoms with Crippen LogP contribution in [0.1, 0.15) is 156 Å². The van der Waals surface area contributed by atoms with Gasteiger partial charge in [0, 0.05) is 208 Å². The fraction of sp³-hybridized carbons (Fsp3) is 0.536. The van der Waals surface area contributed by atoms with Crippen LogP contribution >= 0.6 is 0 Å². The first-order valence-electron chi connectivity index (χ1n) is 45.2. The first kappa shape index (κ1) is 79.3. The maximum atomic E-state index is 4.45. The lowest BCUT2D eigenvalue weighted by Crippen LogP contribution is -2.50. The maximum Gasteiger partial charge on any atom is 0.225 e. The molecule has 6 saturated heterocycles. The number of piperidine rings is 2. The van der Waals surface area contributed by atoms with Crippen LogP contribution in [0.5, 0.6) is 0 Å². The van der Waals surface area contributed by atoms with Crippen LogP contribution in [0.2, 0.25) is 0 Å². The summed E-state index contributed by atoms with van der Waals surface area (Å²) in [6.45, 7) is 33.6. The van der Waals surface area contributed by atoms with E-state index in [-0.39, 0.29) is 0 Å². The van der Waals surface area contributed by atoms with Gasteiger partial charge in [0.25, 0.3) is 0 Å². The zero-order valence-electron chi connectivity index (χ0n) is 69.3. The second kappa shape index (κ2) is 39.4. The quantitative estimate of drug-likeness (QED) is 0.0696. The molecule has 18 heteroatoms. The summed E-state index contributed by atoms with van der Waals surface area (Å²) < 4.78 is 0. The van der Waals surface area contributed by atoms with E-state index < -0.39 is 0 Å². The normalized spacial score (nSPS) is 22.5. The monoisotopic (exact) mass is 1550 g/mol. The smallest absolute Gasteiger partial charge is 0.225 e. The van der Waals surface area contributed by atoms with Gasteiger partial charge in [-0.2, -0.15) is 0 Å². The SMILES string of the molecule is CC1CCN(c2cccc3c2CCNC3)CC1.c1cc2c(c(N3CC4CCC3C4)c1)CCNC2.c1cc2c(c(N3CCN4CCCC4C3)c1)CCNC2.c1cc2c(c(NC3CCCCC3)c1)CCNC2.c1ccc(CN2CCN(c3cccc4c3CCNC4)CC2)nc1.c1cnc(N2CCN(c3cccc4c3CCNC4)CC2)nc1. The molecule has 14 heterocycles. The van der Waals surface area contributed by atoms with Gasteiger partial charge in [0.2, 0.25) is 5.95 Å². The number of benzene rings is 6. The van der Waals surface area contributed by atoms with Crippen molar-refractivity contribution in [3.05, 3.63) is 225 Å². The predicted octanol–water partition coefficient (Wildman–Crippen LogP) is 13.1. The van der Waals surface area contributed by atoms with Crippen molar-refractivity contribution < 1.29 is 0 Å².